The molecule has 16 rings (SSSR count). The molecule has 8 aliphatic rings. The Morgan fingerprint density at radius 3 is 1.34 bits per heavy atom. The number of nitrogens with zero attached hydrogens (tertiary/aromatic N) is 9. The molecular weight excluding hydrogens is 1330 g/mol. The molecule has 0 aromatic carbocycles. The normalized spacial score (nSPS) is 32.2. The van der Waals surface area contributed by atoms with Crippen LogP contribution in [0, 0.1) is 61.4 Å². The largest absolute Gasteiger partial charge is 0.389 e. The van der Waals surface area contributed by atoms with E-state index in [-0.39, 0.29) is 71.6 Å². The molecule has 10 heterocycles. The topological polar surface area (TPSA) is 257 Å². The lowest BCUT2D eigenvalue weighted by atomic mass is 9.95. The van der Waals surface area contributed by atoms with Crippen LogP contribution in [0.2, 0.25) is 8.67 Å². The number of hydrogen-bond donors (Lipinski definition) is 5. The van der Waals surface area contributed by atoms with Gasteiger partial charge in [-0.05, 0) is 174 Å². The number of ether oxygens (including phenoxy) is 4. The summed E-state index contributed by atoms with van der Waals surface area (Å²) >= 11 is 17.0. The monoisotopic (exact) mass is 1390 g/mol. The molecule has 6 aliphatic carbocycles. The number of imidazole rings is 3. The van der Waals surface area contributed by atoms with E-state index in [1.807, 2.05) is 84.5 Å². The van der Waals surface area contributed by atoms with Gasteiger partial charge in [-0.25, -0.2) is 29.9 Å². The second kappa shape index (κ2) is 21.5. The van der Waals surface area contributed by atoms with Gasteiger partial charge in [-0.2, -0.15) is 0 Å². The molecule has 2 aliphatic heterocycles. The van der Waals surface area contributed by atoms with Gasteiger partial charge in [-0.1, -0.05) is 23.2 Å². The lowest BCUT2D eigenvalue weighted by molar-refractivity contribution is -0.164. The Morgan fingerprint density at radius 2 is 0.955 bits per heavy atom. The average molecular weight is 1390 g/mol. The van der Waals surface area contributed by atoms with E-state index < -0.39 is 46.1 Å². The van der Waals surface area contributed by atoms with E-state index in [4.69, 9.17) is 52.1 Å². The third-order valence-corrected chi connectivity index (χ3v) is 22.5. The quantitative estimate of drug-likeness (QED) is 0.0512. The number of hydrogen-bond acceptors (Lipinski definition) is 20. The molecule has 0 amide bonds. The molecule has 6 saturated carbocycles. The zero-order valence-corrected chi connectivity index (χ0v) is 55.4. The summed E-state index contributed by atoms with van der Waals surface area (Å²) in [6, 6.07) is 12.5. The van der Waals surface area contributed by atoms with Crippen LogP contribution >= 0.6 is 68.5 Å². The van der Waals surface area contributed by atoms with Gasteiger partial charge >= 0.3 is 0 Å². The van der Waals surface area contributed by atoms with Gasteiger partial charge < -0.3 is 58.8 Å². The van der Waals surface area contributed by atoms with Crippen LogP contribution in [0.3, 0.4) is 0 Å². The smallest absolute Gasteiger partial charge is 0.163 e. The van der Waals surface area contributed by atoms with Crippen molar-refractivity contribution in [1.29, 1.82) is 0 Å². The lowest BCUT2D eigenvalue weighted by Gasteiger charge is -2.24. The fraction of sp³-hybridized carbons (Fsp3) is 0.476. The first-order valence-corrected chi connectivity index (χ1v) is 32.8. The van der Waals surface area contributed by atoms with E-state index >= 15 is 0 Å². The van der Waals surface area contributed by atoms with Crippen LogP contribution in [0.25, 0.3) is 33.5 Å². The number of ketones is 3. The minimum Gasteiger partial charge on any atom is -0.389 e. The van der Waals surface area contributed by atoms with Gasteiger partial charge in [0.25, 0.3) is 0 Å². The molecule has 462 valence electrons. The van der Waals surface area contributed by atoms with Crippen molar-refractivity contribution in [2.75, 3.05) is 37.1 Å². The predicted octanol–water partition coefficient (Wildman–Crippen LogP) is 9.47. The molecule has 0 bridgehead atoms. The van der Waals surface area contributed by atoms with E-state index in [0.29, 0.717) is 37.6 Å². The Kier molecular flexibility index (Phi) is 14.6. The minimum absolute atomic E-state index is 0.00563. The second-order valence-corrected chi connectivity index (χ2v) is 29.7. The van der Waals surface area contributed by atoms with Crippen molar-refractivity contribution in [2.24, 2.45) is 34.0 Å². The number of halogens is 3. The summed E-state index contributed by atoms with van der Waals surface area (Å²) in [7, 11) is 5.53. The van der Waals surface area contributed by atoms with Crippen molar-refractivity contribution in [1.82, 2.24) is 43.6 Å². The number of aliphatic hydroxyl groups is 2. The number of anilines is 3. The molecular formula is C63H63Cl2IN12O9S2. The van der Waals surface area contributed by atoms with E-state index in [9.17, 15) is 24.6 Å². The van der Waals surface area contributed by atoms with Gasteiger partial charge in [0, 0.05) is 21.1 Å². The number of nitrogens with one attached hydrogen (secondary N) is 3. The van der Waals surface area contributed by atoms with Gasteiger partial charge in [-0.3, -0.25) is 14.4 Å². The van der Waals surface area contributed by atoms with Crippen LogP contribution in [-0.2, 0) is 33.3 Å². The lowest BCUT2D eigenvalue weighted by Crippen LogP contribution is -2.36. The van der Waals surface area contributed by atoms with Crippen LogP contribution in [0.15, 0.2) is 61.4 Å². The first-order chi connectivity index (χ1) is 42.4. The van der Waals surface area contributed by atoms with Crippen molar-refractivity contribution in [3.63, 3.8) is 0 Å². The maximum absolute atomic E-state index is 12.7. The van der Waals surface area contributed by atoms with E-state index in [0.717, 1.165) is 65.7 Å². The summed E-state index contributed by atoms with van der Waals surface area (Å²) in [6.07, 6.45) is 4.45. The van der Waals surface area contributed by atoms with Crippen LogP contribution in [0.5, 0.6) is 0 Å². The molecule has 0 radical (unpaired) electrons. The minimum atomic E-state index is -1.09. The fourth-order valence-electron chi connectivity index (χ4n) is 15.5. The van der Waals surface area contributed by atoms with Gasteiger partial charge in [-0.15, -0.1) is 22.7 Å². The highest BCUT2D eigenvalue weighted by Crippen LogP contribution is 2.73. The van der Waals surface area contributed by atoms with Crippen molar-refractivity contribution in [3.05, 3.63) is 95.0 Å². The maximum atomic E-state index is 12.7. The highest BCUT2D eigenvalue weighted by Gasteiger charge is 2.80. The molecule has 26 heteroatoms. The highest BCUT2D eigenvalue weighted by molar-refractivity contribution is 14.1. The average Bonchev–Trinajstić information content (AvgIpc) is 1.51. The Balaban J connectivity index is 0.000000118. The Bertz CT molecular complexity index is 4430. The predicted molar refractivity (Wildman–Crippen MR) is 345 cm³/mol. The number of Topliss-reactive ketones (excluding diaryl/α,β-unsaturated/α-hetero) is 3. The second-order valence-electron chi connectivity index (χ2n) is 25.2. The summed E-state index contributed by atoms with van der Waals surface area (Å²) in [5.41, 5.74) is 6.30. The van der Waals surface area contributed by atoms with E-state index in [1.165, 1.54) is 29.6 Å². The van der Waals surface area contributed by atoms with Gasteiger partial charge in [0.2, 0.25) is 0 Å². The summed E-state index contributed by atoms with van der Waals surface area (Å²) in [6.45, 7) is 12.5. The van der Waals surface area contributed by atoms with Crippen molar-refractivity contribution >= 4 is 136 Å². The Labute approximate surface area is 543 Å². The zero-order valence-electron chi connectivity index (χ0n) is 50.1. The first kappa shape index (κ1) is 60.4. The van der Waals surface area contributed by atoms with Gasteiger partial charge in [0.15, 0.2) is 28.5 Å². The molecule has 0 spiro atoms. The summed E-state index contributed by atoms with van der Waals surface area (Å²) < 4.78 is 33.2. The summed E-state index contributed by atoms with van der Waals surface area (Å²) in [4.78, 5) is 67.1. The molecule has 8 fully saturated rings. The van der Waals surface area contributed by atoms with E-state index in [2.05, 4.69) is 91.3 Å². The molecule has 15 atom stereocenters. The van der Waals surface area contributed by atoms with Crippen LogP contribution in [0.4, 0.5) is 17.1 Å². The van der Waals surface area contributed by atoms with E-state index in [1.54, 1.807) is 44.2 Å². The zero-order chi connectivity index (χ0) is 62.8. The molecule has 2 saturated heterocycles. The molecule has 8 aromatic rings. The summed E-state index contributed by atoms with van der Waals surface area (Å²) in [5.74, 6) is 11.5. The molecule has 8 aromatic heterocycles. The third kappa shape index (κ3) is 9.55. The van der Waals surface area contributed by atoms with Gasteiger partial charge in [0.05, 0.1) is 94.9 Å². The number of pyridine rings is 3. The number of aromatic nitrogens is 9. The van der Waals surface area contributed by atoms with Crippen LogP contribution < -0.4 is 16.0 Å². The number of aliphatic hydroxyl groups excluding tert-OH is 2. The number of carbonyl (C=O) groups is 3. The summed E-state index contributed by atoms with van der Waals surface area (Å²) in [5, 5.41) is 30.8. The fourth-order valence-corrected chi connectivity index (χ4v) is 17.8. The standard InChI is InChI=1S/C24H23ClN4O3S.C21H19ClN4O3S.C18H21IN4O3/c1-12(30)24-10-15(24)19(20-21(24)32-23(2,3)31-20)29-11-27-18-16(26-4)9-13(28-22(18)29)5-6-14-7-8-17(25)33-14;1-10(27)21-8-13(21)17(18(28)19(21)29)26-9-24-16-14(23-2)7-11(25-20(16)26)3-4-12-5-6-15(22)30-12;1-8(24)18-6-9(18)13(14-15(18)26-17(2,3)25-14)23-7-21-12-10(20-4)5-11(19)22-16(12)23/h7-9,11,15,19-21H,10H2,1-4H3,(H,26,28);5-7,9,13,17-19,28-29H,8H2,1-2H3,(H,23,25);5,7,9,13-15H,6H2,1-4H3,(H,20,22)/t15?,19-,20+,21?,24+;13?,17-,18+,19?,21+;9?,13-,14+,15?,18+/m111/s1. The number of rotatable bonds is 9. The number of thiophene rings is 2. The molecule has 6 unspecified atom stereocenters. The van der Waals surface area contributed by atoms with Crippen LogP contribution in [-0.4, -0.2) is 141 Å². The molecule has 5 N–H and O–H groups in total. The molecule has 21 nitrogen and oxygen atoms in total. The number of fused-ring (bicyclic) bond motifs is 10. The Morgan fingerprint density at radius 1 is 0.573 bits per heavy atom. The first-order valence-electron chi connectivity index (χ1n) is 29.3. The van der Waals surface area contributed by atoms with Crippen molar-refractivity contribution < 1.29 is 43.5 Å². The maximum Gasteiger partial charge on any atom is 0.163 e. The third-order valence-electron chi connectivity index (χ3n) is 19.6. The van der Waals surface area contributed by atoms with Crippen molar-refractivity contribution in [2.45, 2.75) is 134 Å². The number of carbonyl (C=O) groups excluding carboxylic acids is 3. The highest BCUT2D eigenvalue weighted by atomic mass is 127. The molecule has 89 heavy (non-hydrogen) atoms. The van der Waals surface area contributed by atoms with Crippen LogP contribution in [0.1, 0.15) is 107 Å². The Hall–Kier alpha value is -6.14. The SMILES string of the molecule is CNc1cc(C#Cc2ccc(Cl)s2)nc2c1ncn2[C@@H]1C2C[C@@]2(C(C)=O)C(O)[C@H]1O.CNc1cc(C#Cc2ccc(Cl)s2)nc2c1ncn2[C@@H]1C2C[C@@]2(C(C)=O)C2OC(C)(C)O[C@H]21.CNc1cc(I)nc2c1ncn2[C@@H]1C2C[C@@]2(C(C)=O)C2OC(C)(C)O[C@H]21. The van der Waals surface area contributed by atoms with Gasteiger partial charge in [0.1, 0.15) is 79.5 Å². The van der Waals surface area contributed by atoms with Crippen molar-refractivity contribution in [3.8, 4) is 23.7 Å².